The van der Waals surface area contributed by atoms with Crippen LogP contribution in [0.5, 0.6) is 5.75 Å². The molecule has 1 aromatic heterocycles. The smallest absolute Gasteiger partial charge is 0.240 e. The Bertz CT molecular complexity index is 1180. The number of nitrogens with one attached hydrogen (secondary N) is 2. The number of methoxy groups -OCH3 is 1. The van der Waals surface area contributed by atoms with Crippen molar-refractivity contribution >= 4 is 55.2 Å². The van der Waals surface area contributed by atoms with Crippen LogP contribution in [-0.2, 0) is 11.2 Å². The highest BCUT2D eigenvalue weighted by Crippen LogP contribution is 2.40. The van der Waals surface area contributed by atoms with Crippen molar-refractivity contribution in [2.75, 3.05) is 17.9 Å². The van der Waals surface area contributed by atoms with Crippen molar-refractivity contribution in [2.24, 2.45) is 0 Å². The summed E-state index contributed by atoms with van der Waals surface area (Å²) in [6.45, 7) is 5.96. The highest BCUT2D eigenvalue weighted by atomic mass is 79.9. The van der Waals surface area contributed by atoms with E-state index in [1.165, 1.54) is 11.8 Å². The first-order chi connectivity index (χ1) is 15.3. The molecular formula is C22H23Br2N5O2S. The number of amides is 1. The predicted molar refractivity (Wildman–Crippen MR) is 134 cm³/mol. The van der Waals surface area contributed by atoms with E-state index in [1.807, 2.05) is 48.9 Å². The molecule has 0 saturated heterocycles. The minimum Gasteiger partial charge on any atom is -0.496 e. The molecule has 2 N–H and O–H groups in total. The van der Waals surface area contributed by atoms with Crippen LogP contribution >= 0.6 is 43.6 Å². The summed E-state index contributed by atoms with van der Waals surface area (Å²) in [7, 11) is 1.63. The lowest BCUT2D eigenvalue weighted by atomic mass is 10.0. The van der Waals surface area contributed by atoms with Gasteiger partial charge < -0.3 is 15.5 Å². The van der Waals surface area contributed by atoms with Crippen molar-refractivity contribution in [3.05, 3.63) is 61.8 Å². The Morgan fingerprint density at radius 2 is 2.03 bits per heavy atom. The molecule has 168 valence electrons. The van der Waals surface area contributed by atoms with E-state index < -0.39 is 5.25 Å². The van der Waals surface area contributed by atoms with Crippen LogP contribution in [0.3, 0.4) is 0 Å². The quantitative estimate of drug-likeness (QED) is 0.421. The fourth-order valence-corrected chi connectivity index (χ4v) is 6.05. The van der Waals surface area contributed by atoms with Crippen LogP contribution in [-0.4, -0.2) is 33.1 Å². The molecule has 2 heterocycles. The normalized spacial score (nSPS) is 17.4. The second-order valence-corrected chi connectivity index (χ2v) is 10.4. The number of halogens is 2. The van der Waals surface area contributed by atoms with E-state index in [-0.39, 0.29) is 11.9 Å². The van der Waals surface area contributed by atoms with E-state index in [0.29, 0.717) is 5.16 Å². The maximum absolute atomic E-state index is 13.6. The Morgan fingerprint density at radius 3 is 2.72 bits per heavy atom. The summed E-state index contributed by atoms with van der Waals surface area (Å²) in [5.41, 5.74) is 7.35. The van der Waals surface area contributed by atoms with E-state index in [4.69, 9.17) is 4.74 Å². The maximum atomic E-state index is 13.6. The molecule has 0 unspecified atom stereocenters. The van der Waals surface area contributed by atoms with Crippen molar-refractivity contribution in [3.63, 3.8) is 0 Å². The van der Waals surface area contributed by atoms with Crippen molar-refractivity contribution in [3.8, 4) is 5.75 Å². The van der Waals surface area contributed by atoms with Gasteiger partial charge >= 0.3 is 0 Å². The third-order valence-electron chi connectivity index (χ3n) is 5.40. The van der Waals surface area contributed by atoms with Crippen LogP contribution in [0, 0.1) is 13.8 Å². The van der Waals surface area contributed by atoms with Gasteiger partial charge in [-0.15, -0.1) is 10.2 Å². The molecule has 2 atom stereocenters. The largest absolute Gasteiger partial charge is 0.496 e. The number of anilines is 1. The molecule has 10 heteroatoms. The Labute approximate surface area is 207 Å². The molecule has 0 aliphatic carbocycles. The average Bonchev–Trinajstić information content (AvgIpc) is 3.14. The van der Waals surface area contributed by atoms with Gasteiger partial charge in [-0.3, -0.25) is 4.79 Å². The van der Waals surface area contributed by atoms with E-state index in [1.54, 1.807) is 7.11 Å². The van der Waals surface area contributed by atoms with Gasteiger partial charge in [0.05, 0.1) is 17.6 Å². The monoisotopic (exact) mass is 579 g/mol. The molecular weight excluding hydrogens is 558 g/mol. The molecule has 0 fully saturated rings. The molecule has 1 amide bonds. The van der Waals surface area contributed by atoms with Crippen molar-refractivity contribution in [1.29, 1.82) is 0 Å². The molecule has 1 aliphatic heterocycles. The van der Waals surface area contributed by atoms with E-state index >= 15 is 0 Å². The van der Waals surface area contributed by atoms with Gasteiger partial charge in [0.15, 0.2) is 0 Å². The highest BCUT2D eigenvalue weighted by molar-refractivity contribution is 9.10. The fraction of sp³-hybridized carbons (Fsp3) is 0.318. The lowest BCUT2D eigenvalue weighted by molar-refractivity contribution is -0.116. The zero-order valence-electron chi connectivity index (χ0n) is 18.1. The number of hydrogen-bond acceptors (Lipinski definition) is 6. The Kier molecular flexibility index (Phi) is 6.83. The summed E-state index contributed by atoms with van der Waals surface area (Å²) in [4.78, 5) is 13.6. The number of hydrogen-bond donors (Lipinski definition) is 2. The summed E-state index contributed by atoms with van der Waals surface area (Å²) < 4.78 is 9.03. The molecule has 32 heavy (non-hydrogen) atoms. The van der Waals surface area contributed by atoms with Gasteiger partial charge in [0, 0.05) is 10.2 Å². The first-order valence-electron chi connectivity index (χ1n) is 10.1. The van der Waals surface area contributed by atoms with Gasteiger partial charge in [-0.1, -0.05) is 40.7 Å². The number of aromatic nitrogens is 3. The zero-order valence-corrected chi connectivity index (χ0v) is 22.1. The molecule has 0 saturated carbocycles. The number of carbonyl (C=O) groups is 1. The van der Waals surface area contributed by atoms with E-state index in [0.717, 1.165) is 49.3 Å². The zero-order chi connectivity index (χ0) is 23.0. The number of ether oxygens (including phenoxy) is 1. The molecule has 3 aromatic rings. The van der Waals surface area contributed by atoms with Crippen LogP contribution in [0.25, 0.3) is 0 Å². The first-order valence-corrected chi connectivity index (χ1v) is 12.6. The Balaban J connectivity index is 1.71. The van der Waals surface area contributed by atoms with Gasteiger partial charge in [0.2, 0.25) is 11.1 Å². The standard InChI is InChI=1S/C22H23Br2N5O2S/c1-5-13-9-15(23)8-11(2)18(13)25-21(30)20-19(14-6-7-17(31-4)16(24)10-14)28-29-12(3)26-27-22(29)32-20/h6-10,19-20,28H,5H2,1-4H3,(H,25,30)/t19-,20+/m0/s1. The maximum Gasteiger partial charge on any atom is 0.240 e. The molecule has 2 aromatic carbocycles. The summed E-state index contributed by atoms with van der Waals surface area (Å²) >= 11 is 8.52. The Morgan fingerprint density at radius 1 is 1.25 bits per heavy atom. The lowest BCUT2D eigenvalue weighted by Gasteiger charge is -2.33. The van der Waals surface area contributed by atoms with Crippen molar-refractivity contribution < 1.29 is 9.53 Å². The van der Waals surface area contributed by atoms with Crippen LogP contribution < -0.4 is 15.5 Å². The second kappa shape index (κ2) is 9.44. The van der Waals surface area contributed by atoms with Gasteiger partial charge in [-0.25, -0.2) is 4.68 Å². The number of rotatable bonds is 5. The molecule has 7 nitrogen and oxygen atoms in total. The summed E-state index contributed by atoms with van der Waals surface area (Å²) in [6, 6.07) is 9.60. The van der Waals surface area contributed by atoms with Crippen LogP contribution in [0.2, 0.25) is 0 Å². The predicted octanol–water partition coefficient (Wildman–Crippen LogP) is 5.39. The SMILES string of the molecule is CCc1cc(Br)cc(C)c1NC(=O)[C@@H]1Sc2nnc(C)n2N[C@H]1c1ccc(OC)c(Br)c1. The van der Waals surface area contributed by atoms with Crippen LogP contribution in [0.15, 0.2) is 44.4 Å². The van der Waals surface area contributed by atoms with Crippen molar-refractivity contribution in [1.82, 2.24) is 14.9 Å². The fourth-order valence-electron chi connectivity index (χ4n) is 3.75. The van der Waals surface area contributed by atoms with Crippen molar-refractivity contribution in [2.45, 2.75) is 43.6 Å². The number of thioether (sulfide) groups is 1. The number of carbonyl (C=O) groups excluding carboxylic acids is 1. The topological polar surface area (TPSA) is 81.1 Å². The highest BCUT2D eigenvalue weighted by Gasteiger charge is 2.38. The lowest BCUT2D eigenvalue weighted by Crippen LogP contribution is -2.41. The minimum atomic E-state index is -0.459. The van der Waals surface area contributed by atoms with Crippen LogP contribution in [0.1, 0.15) is 35.5 Å². The van der Waals surface area contributed by atoms with E-state index in [2.05, 4.69) is 59.7 Å². The summed E-state index contributed by atoms with van der Waals surface area (Å²) in [5.74, 6) is 1.38. The van der Waals surface area contributed by atoms with Gasteiger partial charge in [0.25, 0.3) is 0 Å². The number of aryl methyl sites for hydroxylation is 3. The molecule has 0 spiro atoms. The van der Waals surface area contributed by atoms with E-state index in [9.17, 15) is 4.79 Å². The van der Waals surface area contributed by atoms with Gasteiger partial charge in [-0.2, -0.15) is 0 Å². The number of nitrogens with zero attached hydrogens (tertiary/aromatic N) is 3. The Hall–Kier alpha value is -2.04. The molecule has 1 aliphatic rings. The minimum absolute atomic E-state index is 0.0912. The molecule has 4 rings (SSSR count). The second-order valence-electron chi connectivity index (χ2n) is 7.50. The number of benzene rings is 2. The van der Waals surface area contributed by atoms with Crippen LogP contribution in [0.4, 0.5) is 5.69 Å². The molecule has 0 bridgehead atoms. The van der Waals surface area contributed by atoms with Gasteiger partial charge in [0.1, 0.15) is 16.8 Å². The van der Waals surface area contributed by atoms with Gasteiger partial charge in [-0.05, 0) is 77.2 Å². The summed E-state index contributed by atoms with van der Waals surface area (Å²) in [6.07, 6.45) is 0.814. The molecule has 0 radical (unpaired) electrons. The first kappa shape index (κ1) is 23.1. The summed E-state index contributed by atoms with van der Waals surface area (Å²) in [5, 5.41) is 11.8. The number of fused-ring (bicyclic) bond motifs is 1. The average molecular weight is 581 g/mol. The third-order valence-corrected chi connectivity index (χ3v) is 7.70. The third kappa shape index (κ3) is 4.40.